The van der Waals surface area contributed by atoms with Gasteiger partial charge in [0.1, 0.15) is 5.82 Å². The lowest BCUT2D eigenvalue weighted by molar-refractivity contribution is -0.116. The van der Waals surface area contributed by atoms with E-state index in [0.29, 0.717) is 12.2 Å². The summed E-state index contributed by atoms with van der Waals surface area (Å²) in [5.74, 6) is 0.631. The van der Waals surface area contributed by atoms with Gasteiger partial charge in [-0.3, -0.25) is 9.89 Å². The van der Waals surface area contributed by atoms with Gasteiger partial charge in [0.25, 0.3) is 0 Å². The predicted octanol–water partition coefficient (Wildman–Crippen LogP) is 1.98. The van der Waals surface area contributed by atoms with Crippen LogP contribution >= 0.6 is 0 Å². The van der Waals surface area contributed by atoms with Gasteiger partial charge in [-0.15, -0.1) is 0 Å². The van der Waals surface area contributed by atoms with E-state index in [9.17, 15) is 4.79 Å². The molecular formula is C12H13N3O. The van der Waals surface area contributed by atoms with E-state index in [-0.39, 0.29) is 5.91 Å². The Bertz CT molecular complexity index is 437. The maximum absolute atomic E-state index is 11.5. The fourth-order valence-electron chi connectivity index (χ4n) is 1.44. The summed E-state index contributed by atoms with van der Waals surface area (Å²) in [4.78, 5) is 11.5. The standard InChI is InChI=1S/C12H13N3O/c16-12(14-11-8-9-13-15-11)7-6-10-4-2-1-3-5-10/h1-5,8-9H,6-7H2,(H2,13,14,15,16). The number of aromatic amines is 1. The van der Waals surface area contributed by atoms with E-state index in [1.165, 1.54) is 5.56 Å². The molecule has 0 aliphatic carbocycles. The van der Waals surface area contributed by atoms with Crippen molar-refractivity contribution in [2.24, 2.45) is 0 Å². The van der Waals surface area contributed by atoms with Gasteiger partial charge in [0.2, 0.25) is 5.91 Å². The first-order valence-corrected chi connectivity index (χ1v) is 5.18. The molecule has 1 amide bonds. The van der Waals surface area contributed by atoms with Gasteiger partial charge in [0.05, 0.1) is 6.20 Å². The minimum absolute atomic E-state index is 0.00639. The molecule has 2 rings (SSSR count). The molecule has 1 aromatic heterocycles. The number of nitrogens with one attached hydrogen (secondary N) is 2. The molecule has 0 bridgehead atoms. The van der Waals surface area contributed by atoms with Gasteiger partial charge < -0.3 is 5.32 Å². The minimum Gasteiger partial charge on any atom is -0.311 e. The third kappa shape index (κ3) is 2.95. The second-order valence-corrected chi connectivity index (χ2v) is 3.50. The number of carbonyl (C=O) groups excluding carboxylic acids is 1. The summed E-state index contributed by atoms with van der Waals surface area (Å²) >= 11 is 0. The van der Waals surface area contributed by atoms with Gasteiger partial charge in [-0.05, 0) is 12.0 Å². The molecule has 0 aliphatic rings. The summed E-state index contributed by atoms with van der Waals surface area (Å²) in [6.45, 7) is 0. The molecule has 0 unspecified atom stereocenters. The van der Waals surface area contributed by atoms with Crippen LogP contribution in [0.1, 0.15) is 12.0 Å². The Kier molecular flexibility index (Phi) is 3.33. The third-order valence-electron chi connectivity index (χ3n) is 2.26. The number of H-pyrrole nitrogens is 1. The number of nitrogens with zero attached hydrogens (tertiary/aromatic N) is 1. The van der Waals surface area contributed by atoms with Crippen molar-refractivity contribution in [3.63, 3.8) is 0 Å². The van der Waals surface area contributed by atoms with Gasteiger partial charge in [-0.2, -0.15) is 5.10 Å². The Balaban J connectivity index is 1.80. The van der Waals surface area contributed by atoms with Crippen molar-refractivity contribution >= 4 is 11.7 Å². The minimum atomic E-state index is -0.00639. The van der Waals surface area contributed by atoms with Crippen molar-refractivity contribution in [3.8, 4) is 0 Å². The molecular weight excluding hydrogens is 202 g/mol. The molecule has 16 heavy (non-hydrogen) atoms. The van der Waals surface area contributed by atoms with Crippen LogP contribution in [0.15, 0.2) is 42.6 Å². The number of rotatable bonds is 4. The second-order valence-electron chi connectivity index (χ2n) is 3.50. The predicted molar refractivity (Wildman–Crippen MR) is 62.0 cm³/mol. The van der Waals surface area contributed by atoms with E-state index >= 15 is 0 Å². The van der Waals surface area contributed by atoms with Gasteiger partial charge in [-0.25, -0.2) is 0 Å². The number of aromatic nitrogens is 2. The number of aryl methyl sites for hydroxylation is 1. The summed E-state index contributed by atoms with van der Waals surface area (Å²) in [6.07, 6.45) is 2.83. The summed E-state index contributed by atoms with van der Waals surface area (Å²) in [5.41, 5.74) is 1.17. The van der Waals surface area contributed by atoms with Crippen LogP contribution in [0.2, 0.25) is 0 Å². The van der Waals surface area contributed by atoms with Gasteiger partial charge in [-0.1, -0.05) is 30.3 Å². The summed E-state index contributed by atoms with van der Waals surface area (Å²) < 4.78 is 0. The van der Waals surface area contributed by atoms with Crippen LogP contribution in [0.25, 0.3) is 0 Å². The Labute approximate surface area is 93.7 Å². The zero-order valence-electron chi connectivity index (χ0n) is 8.81. The maximum atomic E-state index is 11.5. The topological polar surface area (TPSA) is 57.8 Å². The van der Waals surface area contributed by atoms with Crippen LogP contribution in [0, 0.1) is 0 Å². The molecule has 4 nitrogen and oxygen atoms in total. The largest absolute Gasteiger partial charge is 0.311 e. The second kappa shape index (κ2) is 5.11. The lowest BCUT2D eigenvalue weighted by Gasteiger charge is -2.02. The van der Waals surface area contributed by atoms with Gasteiger partial charge in [0.15, 0.2) is 0 Å². The highest BCUT2D eigenvalue weighted by atomic mass is 16.1. The van der Waals surface area contributed by atoms with Crippen molar-refractivity contribution in [1.29, 1.82) is 0 Å². The Morgan fingerprint density at radius 3 is 2.75 bits per heavy atom. The average Bonchev–Trinajstić information content (AvgIpc) is 2.81. The Hall–Kier alpha value is -2.10. The highest BCUT2D eigenvalue weighted by Crippen LogP contribution is 2.04. The van der Waals surface area contributed by atoms with Crippen molar-refractivity contribution in [2.75, 3.05) is 5.32 Å². The normalized spacial score (nSPS) is 10.0. The maximum Gasteiger partial charge on any atom is 0.225 e. The van der Waals surface area contributed by atoms with Crippen LogP contribution in [0.5, 0.6) is 0 Å². The smallest absolute Gasteiger partial charge is 0.225 e. The monoisotopic (exact) mass is 215 g/mol. The van der Waals surface area contributed by atoms with Crippen molar-refractivity contribution in [2.45, 2.75) is 12.8 Å². The van der Waals surface area contributed by atoms with Crippen LogP contribution in [0.3, 0.4) is 0 Å². The molecule has 2 aromatic rings. The van der Waals surface area contributed by atoms with Crippen LogP contribution in [0.4, 0.5) is 5.82 Å². The van der Waals surface area contributed by atoms with Crippen LogP contribution in [-0.4, -0.2) is 16.1 Å². The van der Waals surface area contributed by atoms with Crippen LogP contribution in [-0.2, 0) is 11.2 Å². The molecule has 0 saturated heterocycles. The molecule has 1 heterocycles. The molecule has 82 valence electrons. The van der Waals surface area contributed by atoms with E-state index in [4.69, 9.17) is 0 Å². The van der Waals surface area contributed by atoms with Crippen molar-refractivity contribution < 1.29 is 4.79 Å². The Morgan fingerprint density at radius 1 is 1.25 bits per heavy atom. The third-order valence-corrected chi connectivity index (χ3v) is 2.26. The average molecular weight is 215 g/mol. The van der Waals surface area contributed by atoms with Gasteiger partial charge in [0, 0.05) is 12.5 Å². The van der Waals surface area contributed by atoms with Gasteiger partial charge >= 0.3 is 0 Å². The SMILES string of the molecule is O=C(CCc1ccccc1)Nc1ccn[nH]1. The van der Waals surface area contributed by atoms with Crippen molar-refractivity contribution in [1.82, 2.24) is 10.2 Å². The van der Waals surface area contributed by atoms with E-state index in [1.54, 1.807) is 12.3 Å². The van der Waals surface area contributed by atoms with E-state index in [1.807, 2.05) is 30.3 Å². The zero-order chi connectivity index (χ0) is 11.2. The molecule has 0 radical (unpaired) electrons. The van der Waals surface area contributed by atoms with E-state index in [2.05, 4.69) is 15.5 Å². The number of anilines is 1. The molecule has 0 aliphatic heterocycles. The van der Waals surface area contributed by atoms with Crippen LogP contribution < -0.4 is 5.32 Å². The number of amides is 1. The number of hydrogen-bond acceptors (Lipinski definition) is 2. The summed E-state index contributed by atoms with van der Waals surface area (Å²) in [7, 11) is 0. The van der Waals surface area contributed by atoms with Crippen molar-refractivity contribution in [3.05, 3.63) is 48.2 Å². The molecule has 1 aromatic carbocycles. The first-order chi connectivity index (χ1) is 7.84. The first kappa shape index (κ1) is 10.4. The number of hydrogen-bond donors (Lipinski definition) is 2. The molecule has 0 atom stereocenters. The van der Waals surface area contributed by atoms with E-state index < -0.39 is 0 Å². The lowest BCUT2D eigenvalue weighted by atomic mass is 10.1. The molecule has 2 N–H and O–H groups in total. The highest BCUT2D eigenvalue weighted by Gasteiger charge is 2.03. The fourth-order valence-corrected chi connectivity index (χ4v) is 1.44. The number of benzene rings is 1. The Morgan fingerprint density at radius 2 is 2.06 bits per heavy atom. The first-order valence-electron chi connectivity index (χ1n) is 5.18. The highest BCUT2D eigenvalue weighted by molar-refractivity contribution is 5.89. The molecule has 0 fully saturated rings. The van der Waals surface area contributed by atoms with E-state index in [0.717, 1.165) is 6.42 Å². The number of carbonyl (C=O) groups is 1. The molecule has 0 spiro atoms. The lowest BCUT2D eigenvalue weighted by Crippen LogP contribution is -2.12. The molecule has 4 heteroatoms. The molecule has 0 saturated carbocycles. The summed E-state index contributed by atoms with van der Waals surface area (Å²) in [5, 5.41) is 9.17. The summed E-state index contributed by atoms with van der Waals surface area (Å²) in [6, 6.07) is 11.7. The fraction of sp³-hybridized carbons (Fsp3) is 0.167. The quantitative estimate of drug-likeness (QED) is 0.819. The zero-order valence-corrected chi connectivity index (χ0v) is 8.81.